The number of aromatic amines is 1. The summed E-state index contributed by atoms with van der Waals surface area (Å²) in [6, 6.07) is 0. The molecule has 4 heteroatoms. The molecule has 0 aliphatic heterocycles. The Morgan fingerprint density at radius 3 is 2.80 bits per heavy atom. The molecule has 0 saturated heterocycles. The summed E-state index contributed by atoms with van der Waals surface area (Å²) in [7, 11) is 0. The fourth-order valence-corrected chi connectivity index (χ4v) is 0.748. The quantitative estimate of drug-likeness (QED) is 0.611. The number of rotatable bonds is 2. The fourth-order valence-electron chi connectivity index (χ4n) is 0.748. The van der Waals surface area contributed by atoms with Crippen molar-refractivity contribution in [2.75, 3.05) is 0 Å². The molecule has 1 aromatic rings. The molecule has 1 heterocycles. The predicted molar refractivity (Wildman–Crippen MR) is 38.4 cm³/mol. The Bertz CT molecular complexity index is 184. The highest BCUT2D eigenvalue weighted by Gasteiger charge is 2.12. The van der Waals surface area contributed by atoms with Gasteiger partial charge in [0, 0.05) is 12.0 Å². The van der Waals surface area contributed by atoms with Crippen LogP contribution < -0.4 is 5.73 Å². The second-order valence-electron chi connectivity index (χ2n) is 3.10. The van der Waals surface area contributed by atoms with Crippen LogP contribution in [0.25, 0.3) is 0 Å². The van der Waals surface area contributed by atoms with Crippen LogP contribution >= 0.6 is 0 Å². The smallest absolute Gasteiger partial charge is 0.137 e. The van der Waals surface area contributed by atoms with Crippen LogP contribution in [-0.4, -0.2) is 20.7 Å². The third-order valence-electron chi connectivity index (χ3n) is 1.09. The molecule has 56 valence electrons. The highest BCUT2D eigenvalue weighted by atomic mass is 15.2. The van der Waals surface area contributed by atoms with Crippen molar-refractivity contribution in [2.24, 2.45) is 5.73 Å². The second-order valence-corrected chi connectivity index (χ2v) is 3.10. The summed E-state index contributed by atoms with van der Waals surface area (Å²) in [6.07, 6.45) is 2.22. The summed E-state index contributed by atoms with van der Waals surface area (Å²) >= 11 is 0. The average Bonchev–Trinajstić information content (AvgIpc) is 2.12. The number of nitrogens with one attached hydrogen (secondary N) is 1. The van der Waals surface area contributed by atoms with Crippen molar-refractivity contribution in [3.63, 3.8) is 0 Å². The van der Waals surface area contributed by atoms with Gasteiger partial charge in [0.2, 0.25) is 0 Å². The number of nitrogens with zero attached hydrogens (tertiary/aromatic N) is 2. The van der Waals surface area contributed by atoms with Crippen LogP contribution in [-0.2, 0) is 6.42 Å². The van der Waals surface area contributed by atoms with E-state index in [4.69, 9.17) is 5.73 Å². The third-order valence-corrected chi connectivity index (χ3v) is 1.09. The summed E-state index contributed by atoms with van der Waals surface area (Å²) < 4.78 is 0. The monoisotopic (exact) mass is 140 g/mol. The molecule has 1 rings (SSSR count). The molecule has 0 radical (unpaired) electrons. The van der Waals surface area contributed by atoms with Crippen LogP contribution in [0.5, 0.6) is 0 Å². The van der Waals surface area contributed by atoms with E-state index >= 15 is 0 Å². The first-order valence-corrected chi connectivity index (χ1v) is 3.21. The van der Waals surface area contributed by atoms with Gasteiger partial charge >= 0.3 is 0 Å². The van der Waals surface area contributed by atoms with Crippen molar-refractivity contribution in [1.82, 2.24) is 15.2 Å². The summed E-state index contributed by atoms with van der Waals surface area (Å²) in [5.74, 6) is 0.840. The topological polar surface area (TPSA) is 67.6 Å². The Balaban J connectivity index is 2.57. The van der Waals surface area contributed by atoms with Crippen molar-refractivity contribution in [3.8, 4) is 0 Å². The minimum atomic E-state index is -0.209. The minimum absolute atomic E-state index is 0.209. The molecule has 0 saturated carbocycles. The first-order chi connectivity index (χ1) is 4.58. The molecule has 3 N–H and O–H groups in total. The molecular formula is C6H12N4. The molecule has 0 aliphatic rings. The summed E-state index contributed by atoms with van der Waals surface area (Å²) in [6.45, 7) is 3.91. The van der Waals surface area contributed by atoms with Crippen LogP contribution in [0.4, 0.5) is 0 Å². The number of hydrogen-bond donors (Lipinski definition) is 2. The lowest BCUT2D eigenvalue weighted by atomic mass is 10.0. The van der Waals surface area contributed by atoms with Crippen LogP contribution in [0.2, 0.25) is 0 Å². The number of aromatic nitrogens is 3. The van der Waals surface area contributed by atoms with Gasteiger partial charge in [0.05, 0.1) is 0 Å². The van der Waals surface area contributed by atoms with Gasteiger partial charge in [-0.25, -0.2) is 4.98 Å². The van der Waals surface area contributed by atoms with Crippen LogP contribution in [0, 0.1) is 0 Å². The number of H-pyrrole nitrogens is 1. The number of nitrogens with two attached hydrogens (primary N) is 1. The fraction of sp³-hybridized carbons (Fsp3) is 0.667. The molecule has 4 nitrogen and oxygen atoms in total. The van der Waals surface area contributed by atoms with Crippen molar-refractivity contribution < 1.29 is 0 Å². The third kappa shape index (κ3) is 2.14. The molecule has 10 heavy (non-hydrogen) atoms. The van der Waals surface area contributed by atoms with Gasteiger partial charge in [0.1, 0.15) is 12.2 Å². The molecule has 0 aliphatic carbocycles. The van der Waals surface area contributed by atoms with Crippen molar-refractivity contribution in [3.05, 3.63) is 12.2 Å². The van der Waals surface area contributed by atoms with Crippen molar-refractivity contribution in [1.29, 1.82) is 0 Å². The van der Waals surface area contributed by atoms with E-state index in [0.717, 1.165) is 12.2 Å². The van der Waals surface area contributed by atoms with Gasteiger partial charge < -0.3 is 5.73 Å². The molecule has 0 amide bonds. The van der Waals surface area contributed by atoms with Gasteiger partial charge in [0.15, 0.2) is 0 Å². The molecule has 0 fully saturated rings. The largest absolute Gasteiger partial charge is 0.325 e. The zero-order chi connectivity index (χ0) is 7.61. The molecule has 0 bridgehead atoms. The predicted octanol–water partition coefficient (Wildman–Crippen LogP) is 0.0845. The number of hydrogen-bond acceptors (Lipinski definition) is 3. The van der Waals surface area contributed by atoms with E-state index in [2.05, 4.69) is 15.2 Å². The molecule has 0 spiro atoms. The standard InChI is InChI=1S/C6H12N4/c1-6(2,7)3-5-8-4-9-10-5/h4H,3,7H2,1-2H3,(H,8,9,10). The van der Waals surface area contributed by atoms with Crippen molar-refractivity contribution >= 4 is 0 Å². The molecule has 0 atom stereocenters. The lowest BCUT2D eigenvalue weighted by Gasteiger charge is -2.15. The first kappa shape index (κ1) is 7.21. The van der Waals surface area contributed by atoms with Gasteiger partial charge in [-0.05, 0) is 13.8 Å². The highest BCUT2D eigenvalue weighted by Crippen LogP contribution is 2.03. The first-order valence-electron chi connectivity index (χ1n) is 3.21. The van der Waals surface area contributed by atoms with E-state index in [1.54, 1.807) is 0 Å². The molecule has 1 aromatic heterocycles. The zero-order valence-electron chi connectivity index (χ0n) is 6.26. The van der Waals surface area contributed by atoms with E-state index in [-0.39, 0.29) is 5.54 Å². The lowest BCUT2D eigenvalue weighted by Crippen LogP contribution is -2.34. The normalized spacial score (nSPS) is 11.9. The van der Waals surface area contributed by atoms with Gasteiger partial charge in [-0.2, -0.15) is 5.10 Å². The zero-order valence-corrected chi connectivity index (χ0v) is 6.26. The average molecular weight is 140 g/mol. The Hall–Kier alpha value is -0.900. The lowest BCUT2D eigenvalue weighted by molar-refractivity contribution is 0.503. The van der Waals surface area contributed by atoms with E-state index in [1.165, 1.54) is 6.33 Å². The van der Waals surface area contributed by atoms with E-state index in [1.807, 2.05) is 13.8 Å². The van der Waals surface area contributed by atoms with E-state index in [0.29, 0.717) is 0 Å². The van der Waals surface area contributed by atoms with Gasteiger partial charge in [0.25, 0.3) is 0 Å². The highest BCUT2D eigenvalue weighted by molar-refractivity contribution is 4.89. The summed E-state index contributed by atoms with van der Waals surface area (Å²) in [5, 5.41) is 6.47. The van der Waals surface area contributed by atoms with Crippen molar-refractivity contribution in [2.45, 2.75) is 25.8 Å². The van der Waals surface area contributed by atoms with Crippen LogP contribution in [0.3, 0.4) is 0 Å². The molecular weight excluding hydrogens is 128 g/mol. The van der Waals surface area contributed by atoms with E-state index < -0.39 is 0 Å². The maximum atomic E-state index is 5.74. The maximum Gasteiger partial charge on any atom is 0.137 e. The van der Waals surface area contributed by atoms with Crippen LogP contribution in [0.15, 0.2) is 6.33 Å². The summed E-state index contributed by atoms with van der Waals surface area (Å²) in [5.41, 5.74) is 5.53. The maximum absolute atomic E-state index is 5.74. The Kier molecular flexibility index (Phi) is 1.72. The second kappa shape index (κ2) is 2.38. The molecule has 0 unspecified atom stereocenters. The Labute approximate surface area is 59.8 Å². The summed E-state index contributed by atoms with van der Waals surface area (Å²) in [4.78, 5) is 3.95. The van der Waals surface area contributed by atoms with Crippen LogP contribution in [0.1, 0.15) is 19.7 Å². The van der Waals surface area contributed by atoms with Gasteiger partial charge in [-0.3, -0.25) is 5.10 Å². The molecule has 0 aromatic carbocycles. The van der Waals surface area contributed by atoms with Gasteiger partial charge in [-0.1, -0.05) is 0 Å². The SMILES string of the molecule is CC(C)(N)Cc1ncn[nH]1. The van der Waals surface area contributed by atoms with E-state index in [9.17, 15) is 0 Å². The minimum Gasteiger partial charge on any atom is -0.325 e. The Morgan fingerprint density at radius 1 is 1.70 bits per heavy atom. The van der Waals surface area contributed by atoms with Gasteiger partial charge in [-0.15, -0.1) is 0 Å². The Morgan fingerprint density at radius 2 is 2.40 bits per heavy atom.